The second-order valence-electron chi connectivity index (χ2n) is 5.12. The smallest absolute Gasteiger partial charge is 0.330 e. The Hall–Kier alpha value is -2.04. The molecule has 0 atom stereocenters. The van der Waals surface area contributed by atoms with Crippen molar-refractivity contribution in [2.45, 2.75) is 25.8 Å². The molecule has 0 aliphatic carbocycles. The number of fused-ring (bicyclic) bond motifs is 1. The molecule has 1 aromatic rings. The first-order valence-electron chi connectivity index (χ1n) is 6.22. The normalized spacial score (nSPS) is 13.4. The molecule has 2 rings (SSSR count). The molecule has 0 aromatic heterocycles. The number of hydrogen-bond acceptors (Lipinski definition) is 4. The van der Waals surface area contributed by atoms with Gasteiger partial charge < -0.3 is 15.4 Å². The predicted octanol–water partition coefficient (Wildman–Crippen LogP) is 1.34. The number of ether oxygens (including phenoxy) is 1. The van der Waals surface area contributed by atoms with Gasteiger partial charge in [0.1, 0.15) is 5.54 Å². The summed E-state index contributed by atoms with van der Waals surface area (Å²) in [5.41, 5.74) is 1.69. The summed E-state index contributed by atoms with van der Waals surface area (Å²) >= 11 is 0. The Morgan fingerprint density at radius 3 is 2.79 bits per heavy atom. The van der Waals surface area contributed by atoms with Gasteiger partial charge in [-0.05, 0) is 38.0 Å². The molecule has 1 aromatic carbocycles. The second-order valence-corrected chi connectivity index (χ2v) is 5.12. The second kappa shape index (κ2) is 4.91. The molecule has 19 heavy (non-hydrogen) atoms. The van der Waals surface area contributed by atoms with Crippen LogP contribution in [0.25, 0.3) is 0 Å². The SMILES string of the molecule is COC(=O)C(C)(C)NC(=O)c1ccc2c(c1)NCC2. The lowest BCUT2D eigenvalue weighted by Crippen LogP contribution is -2.50. The number of hydrogen-bond donors (Lipinski definition) is 2. The summed E-state index contributed by atoms with van der Waals surface area (Å²) in [5.74, 6) is -0.757. The van der Waals surface area contributed by atoms with Gasteiger partial charge in [0.05, 0.1) is 7.11 Å². The van der Waals surface area contributed by atoms with Crippen molar-refractivity contribution in [3.63, 3.8) is 0 Å². The number of carbonyl (C=O) groups excluding carboxylic acids is 2. The molecule has 1 heterocycles. The first-order chi connectivity index (χ1) is 8.94. The maximum atomic E-state index is 12.1. The molecule has 1 aliphatic heterocycles. The molecular formula is C14H18N2O3. The number of benzene rings is 1. The Morgan fingerprint density at radius 2 is 2.11 bits per heavy atom. The van der Waals surface area contributed by atoms with E-state index in [1.165, 1.54) is 12.7 Å². The number of nitrogens with one attached hydrogen (secondary N) is 2. The Bertz CT molecular complexity index is 523. The van der Waals surface area contributed by atoms with Crippen LogP contribution in [0.3, 0.4) is 0 Å². The van der Waals surface area contributed by atoms with Gasteiger partial charge in [0, 0.05) is 17.8 Å². The molecule has 0 bridgehead atoms. The molecule has 0 saturated heterocycles. The van der Waals surface area contributed by atoms with Crippen LogP contribution in [0.1, 0.15) is 29.8 Å². The zero-order valence-corrected chi connectivity index (χ0v) is 11.4. The summed E-state index contributed by atoms with van der Waals surface area (Å²) in [4.78, 5) is 23.7. The molecule has 1 amide bonds. The Labute approximate surface area is 112 Å². The summed E-state index contributed by atoms with van der Waals surface area (Å²) in [6, 6.07) is 5.52. The molecular weight excluding hydrogens is 244 g/mol. The van der Waals surface area contributed by atoms with Gasteiger partial charge in [0.25, 0.3) is 5.91 Å². The first kappa shape index (κ1) is 13.4. The van der Waals surface area contributed by atoms with E-state index < -0.39 is 11.5 Å². The lowest BCUT2D eigenvalue weighted by molar-refractivity contribution is -0.146. The highest BCUT2D eigenvalue weighted by Crippen LogP contribution is 2.23. The highest BCUT2D eigenvalue weighted by molar-refractivity contribution is 5.98. The van der Waals surface area contributed by atoms with E-state index in [1.54, 1.807) is 19.9 Å². The summed E-state index contributed by atoms with van der Waals surface area (Å²) in [6.07, 6.45) is 0.977. The Morgan fingerprint density at radius 1 is 1.37 bits per heavy atom. The molecule has 0 fully saturated rings. The zero-order chi connectivity index (χ0) is 14.0. The Kier molecular flexibility index (Phi) is 3.46. The predicted molar refractivity (Wildman–Crippen MR) is 72.2 cm³/mol. The highest BCUT2D eigenvalue weighted by Gasteiger charge is 2.31. The fourth-order valence-electron chi connectivity index (χ4n) is 2.09. The van der Waals surface area contributed by atoms with Crippen molar-refractivity contribution >= 4 is 17.6 Å². The van der Waals surface area contributed by atoms with Gasteiger partial charge in [-0.25, -0.2) is 4.79 Å². The van der Waals surface area contributed by atoms with Crippen LogP contribution in [0.5, 0.6) is 0 Å². The summed E-state index contributed by atoms with van der Waals surface area (Å²) in [6.45, 7) is 4.12. The average Bonchev–Trinajstić information content (AvgIpc) is 2.84. The van der Waals surface area contributed by atoms with E-state index in [0.29, 0.717) is 5.56 Å². The number of carbonyl (C=O) groups is 2. The van der Waals surface area contributed by atoms with Gasteiger partial charge in [-0.1, -0.05) is 6.07 Å². The van der Waals surface area contributed by atoms with E-state index in [2.05, 4.69) is 15.4 Å². The van der Waals surface area contributed by atoms with Gasteiger partial charge in [0.2, 0.25) is 0 Å². The van der Waals surface area contributed by atoms with Crippen LogP contribution in [-0.4, -0.2) is 31.1 Å². The quantitative estimate of drug-likeness (QED) is 0.807. The summed E-state index contributed by atoms with van der Waals surface area (Å²) in [5, 5.41) is 5.89. The van der Waals surface area contributed by atoms with Gasteiger partial charge >= 0.3 is 5.97 Å². The van der Waals surface area contributed by atoms with Crippen LogP contribution in [0.4, 0.5) is 5.69 Å². The standard InChI is InChI=1S/C14H18N2O3/c1-14(2,13(18)19-3)16-12(17)10-5-4-9-6-7-15-11(9)8-10/h4-5,8,15H,6-7H2,1-3H3,(H,16,17). The van der Waals surface area contributed by atoms with E-state index in [0.717, 1.165) is 18.7 Å². The average molecular weight is 262 g/mol. The van der Waals surface area contributed by atoms with Gasteiger partial charge in [0.15, 0.2) is 0 Å². The molecule has 5 nitrogen and oxygen atoms in total. The lowest BCUT2D eigenvalue weighted by Gasteiger charge is -2.23. The molecule has 2 N–H and O–H groups in total. The minimum Gasteiger partial charge on any atom is -0.467 e. The maximum absolute atomic E-state index is 12.1. The lowest BCUT2D eigenvalue weighted by atomic mass is 10.0. The third-order valence-electron chi connectivity index (χ3n) is 3.20. The van der Waals surface area contributed by atoms with Crippen molar-refractivity contribution < 1.29 is 14.3 Å². The number of esters is 1. The van der Waals surface area contributed by atoms with E-state index in [9.17, 15) is 9.59 Å². The van der Waals surface area contributed by atoms with Crippen LogP contribution in [0.15, 0.2) is 18.2 Å². The van der Waals surface area contributed by atoms with Crippen LogP contribution >= 0.6 is 0 Å². The number of methoxy groups -OCH3 is 1. The largest absolute Gasteiger partial charge is 0.467 e. The number of anilines is 1. The zero-order valence-electron chi connectivity index (χ0n) is 11.4. The van der Waals surface area contributed by atoms with Crippen molar-refractivity contribution in [2.75, 3.05) is 19.0 Å². The van der Waals surface area contributed by atoms with Crippen molar-refractivity contribution in [3.05, 3.63) is 29.3 Å². The van der Waals surface area contributed by atoms with Crippen LogP contribution in [-0.2, 0) is 16.0 Å². The van der Waals surface area contributed by atoms with E-state index in [-0.39, 0.29) is 5.91 Å². The highest BCUT2D eigenvalue weighted by atomic mass is 16.5. The third kappa shape index (κ3) is 2.70. The molecule has 5 heteroatoms. The molecule has 0 unspecified atom stereocenters. The number of amides is 1. The fraction of sp³-hybridized carbons (Fsp3) is 0.429. The molecule has 102 valence electrons. The van der Waals surface area contributed by atoms with Crippen LogP contribution in [0, 0.1) is 0 Å². The third-order valence-corrected chi connectivity index (χ3v) is 3.20. The van der Waals surface area contributed by atoms with Gasteiger partial charge in [-0.15, -0.1) is 0 Å². The molecule has 1 aliphatic rings. The van der Waals surface area contributed by atoms with Crippen molar-refractivity contribution in [1.82, 2.24) is 5.32 Å². The summed E-state index contributed by atoms with van der Waals surface area (Å²) < 4.78 is 4.66. The van der Waals surface area contributed by atoms with Crippen molar-refractivity contribution in [3.8, 4) is 0 Å². The van der Waals surface area contributed by atoms with Gasteiger partial charge in [-0.3, -0.25) is 4.79 Å². The van der Waals surface area contributed by atoms with E-state index in [4.69, 9.17) is 0 Å². The molecule has 0 spiro atoms. The minimum absolute atomic E-state index is 0.285. The molecule has 0 saturated carbocycles. The monoisotopic (exact) mass is 262 g/mol. The number of rotatable bonds is 3. The van der Waals surface area contributed by atoms with Crippen LogP contribution < -0.4 is 10.6 Å². The maximum Gasteiger partial charge on any atom is 0.330 e. The summed E-state index contributed by atoms with van der Waals surface area (Å²) in [7, 11) is 1.30. The van der Waals surface area contributed by atoms with Crippen LogP contribution in [0.2, 0.25) is 0 Å². The van der Waals surface area contributed by atoms with Crippen molar-refractivity contribution in [2.24, 2.45) is 0 Å². The van der Waals surface area contributed by atoms with Gasteiger partial charge in [-0.2, -0.15) is 0 Å². The fourth-order valence-corrected chi connectivity index (χ4v) is 2.09. The van der Waals surface area contributed by atoms with E-state index >= 15 is 0 Å². The van der Waals surface area contributed by atoms with E-state index in [1.807, 2.05) is 12.1 Å². The minimum atomic E-state index is -1.04. The molecule has 0 radical (unpaired) electrons. The van der Waals surface area contributed by atoms with Crippen molar-refractivity contribution in [1.29, 1.82) is 0 Å². The first-order valence-corrected chi connectivity index (χ1v) is 6.22. The topological polar surface area (TPSA) is 67.4 Å². The Balaban J connectivity index is 2.14.